The molecule has 1 heterocycles. The predicted molar refractivity (Wildman–Crippen MR) is 87.8 cm³/mol. The number of ether oxygens (including phenoxy) is 1. The van der Waals surface area contributed by atoms with Crippen molar-refractivity contribution in [3.05, 3.63) is 69.7 Å². The number of rotatable bonds is 3. The lowest BCUT2D eigenvalue weighted by molar-refractivity contribution is 0.104. The first kappa shape index (κ1) is 14.1. The molecule has 0 spiro atoms. The second-order valence-electron chi connectivity index (χ2n) is 5.02. The Labute approximate surface area is 132 Å². The monoisotopic (exact) mass is 342 g/mol. The van der Waals surface area contributed by atoms with Gasteiger partial charge in [-0.2, -0.15) is 0 Å². The second-order valence-corrected chi connectivity index (χ2v) is 5.94. The molecule has 0 atom stereocenters. The van der Waals surface area contributed by atoms with Gasteiger partial charge in [-0.3, -0.25) is 4.79 Å². The molecule has 1 aliphatic heterocycles. The van der Waals surface area contributed by atoms with Crippen LogP contribution in [-0.4, -0.2) is 12.4 Å². The van der Waals surface area contributed by atoms with Gasteiger partial charge in [-0.1, -0.05) is 28.1 Å². The quantitative estimate of drug-likeness (QED) is 0.598. The molecule has 0 radical (unpaired) electrons. The van der Waals surface area contributed by atoms with E-state index in [0.717, 1.165) is 35.2 Å². The lowest BCUT2D eigenvalue weighted by Crippen LogP contribution is -2.08. The highest BCUT2D eigenvalue weighted by Crippen LogP contribution is 2.26. The van der Waals surface area contributed by atoms with Gasteiger partial charge in [0.15, 0.2) is 5.78 Å². The molecule has 0 fully saturated rings. The van der Waals surface area contributed by atoms with Crippen LogP contribution in [0.25, 0.3) is 6.08 Å². The van der Waals surface area contributed by atoms with E-state index in [2.05, 4.69) is 22.0 Å². The molecule has 3 rings (SSSR count). The predicted octanol–water partition coefficient (Wildman–Crippen LogP) is 4.67. The number of benzene rings is 2. The number of hydrogen-bond donors (Lipinski definition) is 0. The van der Waals surface area contributed by atoms with Crippen LogP contribution in [0.1, 0.15) is 27.9 Å². The van der Waals surface area contributed by atoms with Crippen LogP contribution in [0, 0.1) is 0 Å². The Morgan fingerprint density at radius 1 is 1.14 bits per heavy atom. The first-order valence-electron chi connectivity index (χ1n) is 6.96. The van der Waals surface area contributed by atoms with Gasteiger partial charge in [-0.05, 0) is 66.4 Å². The van der Waals surface area contributed by atoms with Crippen LogP contribution in [0.3, 0.4) is 0 Å². The van der Waals surface area contributed by atoms with Crippen molar-refractivity contribution >= 4 is 27.8 Å². The topological polar surface area (TPSA) is 26.3 Å². The normalized spacial score (nSPS) is 13.8. The average Bonchev–Trinajstić information content (AvgIpc) is 2.53. The molecule has 106 valence electrons. The Balaban J connectivity index is 1.76. The Morgan fingerprint density at radius 3 is 2.76 bits per heavy atom. The molecular weight excluding hydrogens is 328 g/mol. The number of carbonyl (C=O) groups excluding carboxylic acids is 1. The summed E-state index contributed by atoms with van der Waals surface area (Å²) in [7, 11) is 0. The van der Waals surface area contributed by atoms with Crippen molar-refractivity contribution in [2.24, 2.45) is 0 Å². The minimum absolute atomic E-state index is 0.0106. The number of allylic oxidation sites excluding steroid dienone is 1. The van der Waals surface area contributed by atoms with Gasteiger partial charge in [0.2, 0.25) is 0 Å². The van der Waals surface area contributed by atoms with E-state index in [9.17, 15) is 4.79 Å². The lowest BCUT2D eigenvalue weighted by atomic mass is 10.0. The molecule has 0 N–H and O–H groups in total. The van der Waals surface area contributed by atoms with Gasteiger partial charge >= 0.3 is 0 Å². The zero-order valence-electron chi connectivity index (χ0n) is 11.5. The molecule has 0 aromatic heterocycles. The molecule has 2 nitrogen and oxygen atoms in total. The molecule has 2 aromatic carbocycles. The summed E-state index contributed by atoms with van der Waals surface area (Å²) in [6.07, 6.45) is 5.57. The zero-order valence-corrected chi connectivity index (χ0v) is 13.1. The number of fused-ring (bicyclic) bond motifs is 1. The Hall–Kier alpha value is -1.87. The molecule has 1 aliphatic rings. The Bertz CT molecular complexity index is 687. The molecular formula is C18H15BrO2. The van der Waals surface area contributed by atoms with Gasteiger partial charge in [-0.25, -0.2) is 0 Å². The fourth-order valence-electron chi connectivity index (χ4n) is 2.37. The highest BCUT2D eigenvalue weighted by Gasteiger charge is 2.09. The van der Waals surface area contributed by atoms with Gasteiger partial charge in [0, 0.05) is 10.0 Å². The van der Waals surface area contributed by atoms with Gasteiger partial charge in [0.25, 0.3) is 0 Å². The Kier molecular flexibility index (Phi) is 4.20. The maximum Gasteiger partial charge on any atom is 0.185 e. The van der Waals surface area contributed by atoms with E-state index >= 15 is 0 Å². The van der Waals surface area contributed by atoms with E-state index in [4.69, 9.17) is 4.74 Å². The van der Waals surface area contributed by atoms with Crippen LogP contribution in [0.2, 0.25) is 0 Å². The number of carbonyl (C=O) groups is 1. The number of hydrogen-bond acceptors (Lipinski definition) is 2. The largest absolute Gasteiger partial charge is 0.493 e. The third kappa shape index (κ3) is 3.42. The maximum atomic E-state index is 12.1. The number of halogens is 1. The summed E-state index contributed by atoms with van der Waals surface area (Å²) in [5, 5.41) is 0. The first-order valence-corrected chi connectivity index (χ1v) is 7.75. The van der Waals surface area contributed by atoms with Crippen LogP contribution < -0.4 is 4.74 Å². The van der Waals surface area contributed by atoms with Gasteiger partial charge in [-0.15, -0.1) is 0 Å². The fraction of sp³-hybridized carbons (Fsp3) is 0.167. The van der Waals surface area contributed by atoms with Crippen LogP contribution in [0.4, 0.5) is 0 Å². The molecule has 0 saturated heterocycles. The summed E-state index contributed by atoms with van der Waals surface area (Å²) in [5.74, 6) is 0.981. The number of aryl methyl sites for hydroxylation is 1. The van der Waals surface area contributed by atoms with Crippen molar-refractivity contribution in [1.82, 2.24) is 0 Å². The molecule has 3 heteroatoms. The fourth-order valence-corrected chi connectivity index (χ4v) is 2.63. The highest BCUT2D eigenvalue weighted by atomic mass is 79.9. The van der Waals surface area contributed by atoms with Crippen molar-refractivity contribution in [3.8, 4) is 5.75 Å². The van der Waals surface area contributed by atoms with Crippen LogP contribution in [0.15, 0.2) is 53.0 Å². The van der Waals surface area contributed by atoms with Gasteiger partial charge in [0.1, 0.15) is 5.75 Å². The minimum Gasteiger partial charge on any atom is -0.493 e. The zero-order chi connectivity index (χ0) is 14.7. The third-order valence-electron chi connectivity index (χ3n) is 3.49. The summed E-state index contributed by atoms with van der Waals surface area (Å²) in [5.41, 5.74) is 2.94. The average molecular weight is 343 g/mol. The molecule has 2 aromatic rings. The first-order chi connectivity index (χ1) is 10.2. The standard InChI is InChI=1S/C18H15BrO2/c19-16-7-5-14(6-8-16)17(20)9-3-13-4-10-18-15(12-13)2-1-11-21-18/h3-10,12H,1-2,11H2. The van der Waals surface area contributed by atoms with Crippen molar-refractivity contribution in [1.29, 1.82) is 0 Å². The maximum absolute atomic E-state index is 12.1. The van der Waals surface area contributed by atoms with Crippen molar-refractivity contribution < 1.29 is 9.53 Å². The molecule has 0 unspecified atom stereocenters. The lowest BCUT2D eigenvalue weighted by Gasteiger charge is -2.17. The Morgan fingerprint density at radius 2 is 1.95 bits per heavy atom. The van der Waals surface area contributed by atoms with Crippen molar-refractivity contribution in [3.63, 3.8) is 0 Å². The molecule has 21 heavy (non-hydrogen) atoms. The van der Waals surface area contributed by atoms with Crippen molar-refractivity contribution in [2.45, 2.75) is 12.8 Å². The third-order valence-corrected chi connectivity index (χ3v) is 4.02. The van der Waals surface area contributed by atoms with E-state index in [1.165, 1.54) is 5.56 Å². The van der Waals surface area contributed by atoms with E-state index in [0.29, 0.717) is 5.56 Å². The molecule has 0 bridgehead atoms. The summed E-state index contributed by atoms with van der Waals surface area (Å²) >= 11 is 3.36. The van der Waals surface area contributed by atoms with E-state index < -0.39 is 0 Å². The van der Waals surface area contributed by atoms with Gasteiger partial charge < -0.3 is 4.74 Å². The molecule has 0 amide bonds. The van der Waals surface area contributed by atoms with Crippen LogP contribution in [0.5, 0.6) is 5.75 Å². The summed E-state index contributed by atoms with van der Waals surface area (Å²) in [4.78, 5) is 12.1. The summed E-state index contributed by atoms with van der Waals surface area (Å²) < 4.78 is 6.56. The highest BCUT2D eigenvalue weighted by molar-refractivity contribution is 9.10. The van der Waals surface area contributed by atoms with Crippen LogP contribution in [-0.2, 0) is 6.42 Å². The minimum atomic E-state index is 0.0106. The van der Waals surface area contributed by atoms with Gasteiger partial charge in [0.05, 0.1) is 6.61 Å². The molecule has 0 aliphatic carbocycles. The SMILES string of the molecule is O=C(C=Cc1ccc2c(c1)CCCO2)c1ccc(Br)cc1. The van der Waals surface area contributed by atoms with E-state index in [1.807, 2.05) is 42.5 Å². The van der Waals surface area contributed by atoms with E-state index in [1.54, 1.807) is 6.08 Å². The second kappa shape index (κ2) is 6.27. The summed E-state index contributed by atoms with van der Waals surface area (Å²) in [6, 6.07) is 13.4. The summed E-state index contributed by atoms with van der Waals surface area (Å²) in [6.45, 7) is 0.796. The van der Waals surface area contributed by atoms with Crippen LogP contribution >= 0.6 is 15.9 Å². The van der Waals surface area contributed by atoms with Crippen molar-refractivity contribution in [2.75, 3.05) is 6.61 Å². The smallest absolute Gasteiger partial charge is 0.185 e. The number of ketones is 1. The molecule has 0 saturated carbocycles. The van der Waals surface area contributed by atoms with E-state index in [-0.39, 0.29) is 5.78 Å².